The molecule has 0 nitrogen and oxygen atoms in total. The van der Waals surface area contributed by atoms with E-state index in [1.54, 1.807) is 0 Å². The molecule has 0 bridgehead atoms. The van der Waals surface area contributed by atoms with Crippen LogP contribution in [0.1, 0.15) is 19.8 Å². The van der Waals surface area contributed by atoms with Gasteiger partial charge in [0.05, 0.1) is 4.58 Å². The molecule has 1 fully saturated rings. The van der Waals surface area contributed by atoms with Gasteiger partial charge in [-0.25, -0.2) is 0 Å². The standard InChI is InChI=1S/C6H12S2/c1-2-4-7-6-3-5-8-6/h6H,2-5H2,1H3. The molecule has 0 aromatic rings. The summed E-state index contributed by atoms with van der Waals surface area (Å²) >= 11 is 4.23. The van der Waals surface area contributed by atoms with Crippen LogP contribution in [0.5, 0.6) is 0 Å². The van der Waals surface area contributed by atoms with Crippen molar-refractivity contribution in [2.75, 3.05) is 11.5 Å². The van der Waals surface area contributed by atoms with Crippen LogP contribution >= 0.6 is 23.5 Å². The highest BCUT2D eigenvalue weighted by Crippen LogP contribution is 2.36. The normalized spacial score (nSPS) is 27.4. The molecule has 1 rings (SSSR count). The van der Waals surface area contributed by atoms with Gasteiger partial charge in [0.25, 0.3) is 0 Å². The molecule has 8 heavy (non-hydrogen) atoms. The minimum absolute atomic E-state index is 0.968. The van der Waals surface area contributed by atoms with Crippen molar-refractivity contribution in [3.63, 3.8) is 0 Å². The van der Waals surface area contributed by atoms with E-state index in [2.05, 4.69) is 30.4 Å². The highest BCUT2D eigenvalue weighted by Gasteiger charge is 2.16. The molecule has 1 unspecified atom stereocenters. The predicted molar refractivity (Wildman–Crippen MR) is 43.6 cm³/mol. The average Bonchev–Trinajstić information content (AvgIpc) is 1.63. The van der Waals surface area contributed by atoms with Crippen LogP contribution in [0.4, 0.5) is 0 Å². The van der Waals surface area contributed by atoms with E-state index in [9.17, 15) is 0 Å². The molecule has 1 atom stereocenters. The second-order valence-electron chi connectivity index (χ2n) is 1.96. The molecule has 0 saturated carbocycles. The smallest absolute Gasteiger partial charge is 0.0510 e. The first-order valence-corrected chi connectivity index (χ1v) is 5.26. The fourth-order valence-electron chi connectivity index (χ4n) is 0.595. The zero-order valence-electron chi connectivity index (χ0n) is 5.22. The van der Waals surface area contributed by atoms with Gasteiger partial charge in [-0.15, -0.1) is 23.5 Å². The summed E-state index contributed by atoms with van der Waals surface area (Å²) in [6, 6.07) is 0. The maximum absolute atomic E-state index is 2.25. The summed E-state index contributed by atoms with van der Waals surface area (Å²) < 4.78 is 0.968. The molecule has 0 aliphatic carbocycles. The number of rotatable bonds is 3. The summed E-state index contributed by atoms with van der Waals surface area (Å²) in [4.78, 5) is 0. The van der Waals surface area contributed by atoms with Crippen LogP contribution in [0, 0.1) is 0 Å². The molecule has 0 N–H and O–H groups in total. The van der Waals surface area contributed by atoms with Gasteiger partial charge in [0, 0.05) is 0 Å². The molecule has 1 heterocycles. The maximum Gasteiger partial charge on any atom is 0.0510 e. The lowest BCUT2D eigenvalue weighted by Crippen LogP contribution is -2.10. The lowest BCUT2D eigenvalue weighted by Gasteiger charge is -2.23. The van der Waals surface area contributed by atoms with E-state index < -0.39 is 0 Å². The van der Waals surface area contributed by atoms with Crippen LogP contribution in [0.3, 0.4) is 0 Å². The Hall–Kier alpha value is 0.700. The highest BCUT2D eigenvalue weighted by molar-refractivity contribution is 8.18. The van der Waals surface area contributed by atoms with Gasteiger partial charge >= 0.3 is 0 Å². The third-order valence-electron chi connectivity index (χ3n) is 1.17. The minimum Gasteiger partial charge on any atom is -0.148 e. The molecule has 0 amide bonds. The Balaban J connectivity index is 1.86. The first-order chi connectivity index (χ1) is 3.93. The quantitative estimate of drug-likeness (QED) is 0.603. The van der Waals surface area contributed by atoms with Gasteiger partial charge in [-0.3, -0.25) is 0 Å². The van der Waals surface area contributed by atoms with Gasteiger partial charge in [0.1, 0.15) is 0 Å². The van der Waals surface area contributed by atoms with Gasteiger partial charge in [-0.1, -0.05) is 6.92 Å². The molecular formula is C6H12S2. The molecule has 2 heteroatoms. The van der Waals surface area contributed by atoms with Gasteiger partial charge in [-0.2, -0.15) is 0 Å². The SMILES string of the molecule is CCCSC1CCS1. The second-order valence-corrected chi connectivity index (χ2v) is 4.88. The monoisotopic (exact) mass is 148 g/mol. The Bertz CT molecular complexity index is 59.5. The third-order valence-corrected chi connectivity index (χ3v) is 4.31. The van der Waals surface area contributed by atoms with Crippen LogP contribution in [-0.2, 0) is 0 Å². The molecule has 1 aliphatic rings. The molecular weight excluding hydrogens is 136 g/mol. The first-order valence-electron chi connectivity index (χ1n) is 3.16. The fraction of sp³-hybridized carbons (Fsp3) is 1.00. The van der Waals surface area contributed by atoms with E-state index in [0.717, 1.165) is 4.58 Å². The Morgan fingerprint density at radius 2 is 2.50 bits per heavy atom. The van der Waals surface area contributed by atoms with Gasteiger partial charge in [0.2, 0.25) is 0 Å². The van der Waals surface area contributed by atoms with Crippen molar-refractivity contribution in [3.05, 3.63) is 0 Å². The van der Waals surface area contributed by atoms with E-state index in [4.69, 9.17) is 0 Å². The molecule has 0 spiro atoms. The largest absolute Gasteiger partial charge is 0.148 e. The van der Waals surface area contributed by atoms with Crippen LogP contribution in [0.15, 0.2) is 0 Å². The first kappa shape index (κ1) is 6.81. The second kappa shape index (κ2) is 3.67. The van der Waals surface area contributed by atoms with Crippen molar-refractivity contribution < 1.29 is 0 Å². The molecule has 48 valence electrons. The van der Waals surface area contributed by atoms with Crippen molar-refractivity contribution in [1.82, 2.24) is 0 Å². The van der Waals surface area contributed by atoms with Crippen molar-refractivity contribution in [3.8, 4) is 0 Å². The molecule has 0 aromatic heterocycles. The Morgan fingerprint density at radius 1 is 1.75 bits per heavy atom. The maximum atomic E-state index is 2.25. The summed E-state index contributed by atoms with van der Waals surface area (Å²) in [6.07, 6.45) is 2.79. The fourth-order valence-corrected chi connectivity index (χ4v) is 2.94. The Labute approximate surface area is 59.8 Å². The Kier molecular flexibility index (Phi) is 3.13. The van der Waals surface area contributed by atoms with E-state index >= 15 is 0 Å². The highest BCUT2D eigenvalue weighted by atomic mass is 32.2. The van der Waals surface area contributed by atoms with Crippen molar-refractivity contribution in [2.45, 2.75) is 24.3 Å². The third kappa shape index (κ3) is 1.90. The van der Waals surface area contributed by atoms with E-state index in [0.29, 0.717) is 0 Å². The van der Waals surface area contributed by atoms with E-state index in [1.165, 1.54) is 24.3 Å². The summed E-state index contributed by atoms with van der Waals surface area (Å²) in [5.41, 5.74) is 0. The van der Waals surface area contributed by atoms with Gasteiger partial charge in [0.15, 0.2) is 0 Å². The molecule has 1 aliphatic heterocycles. The average molecular weight is 148 g/mol. The Morgan fingerprint density at radius 3 is 2.88 bits per heavy atom. The van der Waals surface area contributed by atoms with E-state index in [1.807, 2.05) is 0 Å². The van der Waals surface area contributed by atoms with Crippen LogP contribution in [0.25, 0.3) is 0 Å². The molecule has 1 saturated heterocycles. The number of hydrogen-bond acceptors (Lipinski definition) is 2. The summed E-state index contributed by atoms with van der Waals surface area (Å²) in [6.45, 7) is 2.25. The molecule has 0 radical (unpaired) electrons. The van der Waals surface area contributed by atoms with Crippen molar-refractivity contribution >= 4 is 23.5 Å². The van der Waals surface area contributed by atoms with E-state index in [-0.39, 0.29) is 0 Å². The van der Waals surface area contributed by atoms with Crippen molar-refractivity contribution in [1.29, 1.82) is 0 Å². The molecule has 0 aromatic carbocycles. The summed E-state index contributed by atoms with van der Waals surface area (Å²) in [5.74, 6) is 2.76. The summed E-state index contributed by atoms with van der Waals surface area (Å²) in [5, 5.41) is 0. The number of thioether (sulfide) groups is 2. The topological polar surface area (TPSA) is 0 Å². The van der Waals surface area contributed by atoms with Crippen molar-refractivity contribution in [2.24, 2.45) is 0 Å². The zero-order valence-corrected chi connectivity index (χ0v) is 6.86. The van der Waals surface area contributed by atoms with Crippen LogP contribution in [0.2, 0.25) is 0 Å². The lowest BCUT2D eigenvalue weighted by atomic mass is 10.5. The number of hydrogen-bond donors (Lipinski definition) is 0. The summed E-state index contributed by atoms with van der Waals surface area (Å²) in [7, 11) is 0. The van der Waals surface area contributed by atoms with Crippen LogP contribution < -0.4 is 0 Å². The zero-order chi connectivity index (χ0) is 5.82. The predicted octanol–water partition coefficient (Wildman–Crippen LogP) is 2.59. The van der Waals surface area contributed by atoms with Gasteiger partial charge < -0.3 is 0 Å². The van der Waals surface area contributed by atoms with Crippen LogP contribution in [-0.4, -0.2) is 16.1 Å². The lowest BCUT2D eigenvalue weighted by molar-refractivity contribution is 0.999. The van der Waals surface area contributed by atoms with Gasteiger partial charge in [-0.05, 0) is 24.3 Å². The minimum atomic E-state index is 0.968.